The smallest absolute Gasteiger partial charge is 0.310 e. The van der Waals surface area contributed by atoms with Gasteiger partial charge in [-0.3, -0.25) is 9.59 Å². The van der Waals surface area contributed by atoms with Gasteiger partial charge in [-0.1, -0.05) is 36.7 Å². The van der Waals surface area contributed by atoms with Gasteiger partial charge in [-0.2, -0.15) is 0 Å². The summed E-state index contributed by atoms with van der Waals surface area (Å²) in [6.07, 6.45) is 1.86. The number of halogens is 1. The topological polar surface area (TPSA) is 54.4 Å². The van der Waals surface area contributed by atoms with Crippen LogP contribution in [0.25, 0.3) is 0 Å². The largest absolute Gasteiger partial charge is 0.481 e. The second-order valence-corrected chi connectivity index (χ2v) is 6.32. The van der Waals surface area contributed by atoms with Gasteiger partial charge in [0, 0.05) is 16.9 Å². The second kappa shape index (κ2) is 4.59. The molecule has 4 unspecified atom stereocenters. The number of carboxylic acids is 1. The standard InChI is InChI=1S/C16H17ClO3/c1-2-16(15(19)20)11-8-10(14(18)13(11)16)7-9-5-3-4-6-12(9)17/h3-6,10-11,13H,2,7-8H2,1H3,(H,19,20). The highest BCUT2D eigenvalue weighted by Gasteiger charge is 2.75. The van der Waals surface area contributed by atoms with Crippen molar-refractivity contribution in [1.29, 1.82) is 0 Å². The fourth-order valence-corrected chi connectivity index (χ4v) is 4.24. The van der Waals surface area contributed by atoms with Gasteiger partial charge < -0.3 is 5.11 Å². The summed E-state index contributed by atoms with van der Waals surface area (Å²) in [7, 11) is 0. The molecule has 0 saturated heterocycles. The average Bonchev–Trinajstić information content (AvgIpc) is 2.97. The molecule has 0 bridgehead atoms. The molecule has 1 aromatic rings. The van der Waals surface area contributed by atoms with E-state index in [1.54, 1.807) is 0 Å². The average molecular weight is 293 g/mol. The minimum absolute atomic E-state index is 0.0324. The zero-order valence-electron chi connectivity index (χ0n) is 11.3. The van der Waals surface area contributed by atoms with E-state index >= 15 is 0 Å². The summed E-state index contributed by atoms with van der Waals surface area (Å²) in [6.45, 7) is 1.86. The third-order valence-electron chi connectivity index (χ3n) is 5.16. The first-order valence-corrected chi connectivity index (χ1v) is 7.40. The molecule has 1 aromatic carbocycles. The Morgan fingerprint density at radius 3 is 2.65 bits per heavy atom. The fourth-order valence-electron chi connectivity index (χ4n) is 4.03. The molecule has 1 N–H and O–H groups in total. The molecule has 4 atom stereocenters. The van der Waals surface area contributed by atoms with E-state index in [-0.39, 0.29) is 23.5 Å². The van der Waals surface area contributed by atoms with Gasteiger partial charge in [0.15, 0.2) is 0 Å². The number of hydrogen-bond donors (Lipinski definition) is 1. The molecule has 3 rings (SSSR count). The first-order valence-electron chi connectivity index (χ1n) is 7.03. The van der Waals surface area contributed by atoms with Gasteiger partial charge in [0.2, 0.25) is 0 Å². The molecule has 0 heterocycles. The summed E-state index contributed by atoms with van der Waals surface area (Å²) < 4.78 is 0. The first-order chi connectivity index (χ1) is 9.52. The molecule has 0 aromatic heterocycles. The van der Waals surface area contributed by atoms with E-state index in [4.69, 9.17) is 11.6 Å². The van der Waals surface area contributed by atoms with Crippen molar-refractivity contribution in [2.24, 2.45) is 23.2 Å². The van der Waals surface area contributed by atoms with Gasteiger partial charge in [0.25, 0.3) is 0 Å². The third kappa shape index (κ3) is 1.72. The van der Waals surface area contributed by atoms with Gasteiger partial charge >= 0.3 is 5.97 Å². The number of carbonyl (C=O) groups excluding carboxylic acids is 1. The lowest BCUT2D eigenvalue weighted by Crippen LogP contribution is -2.27. The van der Waals surface area contributed by atoms with Gasteiger partial charge in [0.1, 0.15) is 5.78 Å². The van der Waals surface area contributed by atoms with Crippen LogP contribution in [0.2, 0.25) is 5.02 Å². The third-order valence-corrected chi connectivity index (χ3v) is 5.53. The summed E-state index contributed by atoms with van der Waals surface area (Å²) in [5, 5.41) is 10.1. The minimum atomic E-state index is -0.806. The number of fused-ring (bicyclic) bond motifs is 1. The summed E-state index contributed by atoms with van der Waals surface area (Å²) >= 11 is 6.13. The first kappa shape index (κ1) is 13.6. The van der Waals surface area contributed by atoms with Crippen molar-refractivity contribution in [3.8, 4) is 0 Å². The number of hydrogen-bond acceptors (Lipinski definition) is 2. The fraction of sp³-hybridized carbons (Fsp3) is 0.500. The predicted molar refractivity (Wildman–Crippen MR) is 75.6 cm³/mol. The molecule has 0 spiro atoms. The maximum Gasteiger partial charge on any atom is 0.310 e. The Labute approximate surface area is 122 Å². The molecule has 106 valence electrons. The van der Waals surface area contributed by atoms with Crippen LogP contribution in [-0.4, -0.2) is 16.9 Å². The molecule has 4 heteroatoms. The summed E-state index contributed by atoms with van der Waals surface area (Å²) in [5.41, 5.74) is 0.208. The molecule has 0 radical (unpaired) electrons. The lowest BCUT2D eigenvalue weighted by atomic mass is 9.84. The number of benzene rings is 1. The summed E-state index contributed by atoms with van der Waals surface area (Å²) in [5.74, 6) is -0.981. The normalized spacial score (nSPS) is 34.9. The molecule has 3 nitrogen and oxygen atoms in total. The molecule has 20 heavy (non-hydrogen) atoms. The summed E-state index contributed by atoms with van der Waals surface area (Å²) in [4.78, 5) is 23.9. The lowest BCUT2D eigenvalue weighted by molar-refractivity contribution is -0.147. The molecule has 2 fully saturated rings. The van der Waals surface area contributed by atoms with Crippen molar-refractivity contribution >= 4 is 23.4 Å². The number of Topliss-reactive ketones (excluding diaryl/α,β-unsaturated/α-hetero) is 1. The van der Waals surface area contributed by atoms with Crippen LogP contribution in [0, 0.1) is 23.2 Å². The van der Waals surface area contributed by atoms with E-state index in [1.807, 2.05) is 31.2 Å². The maximum atomic E-state index is 12.4. The number of carboxylic acid groups (broad SMARTS) is 1. The zero-order chi connectivity index (χ0) is 14.5. The van der Waals surface area contributed by atoms with Crippen LogP contribution in [-0.2, 0) is 16.0 Å². The van der Waals surface area contributed by atoms with E-state index in [0.717, 1.165) is 5.56 Å². The number of ketones is 1. The lowest BCUT2D eigenvalue weighted by Gasteiger charge is -2.19. The minimum Gasteiger partial charge on any atom is -0.481 e. The van der Waals surface area contributed by atoms with E-state index in [0.29, 0.717) is 24.3 Å². The van der Waals surface area contributed by atoms with Crippen LogP contribution in [0.15, 0.2) is 24.3 Å². The van der Waals surface area contributed by atoms with Crippen LogP contribution < -0.4 is 0 Å². The van der Waals surface area contributed by atoms with Crippen molar-refractivity contribution < 1.29 is 14.7 Å². The molecular formula is C16H17ClO3. The van der Waals surface area contributed by atoms with E-state index in [2.05, 4.69) is 0 Å². The molecule has 2 aliphatic rings. The van der Waals surface area contributed by atoms with Gasteiger partial charge in [-0.15, -0.1) is 0 Å². The Morgan fingerprint density at radius 1 is 1.45 bits per heavy atom. The van der Waals surface area contributed by atoms with Crippen LogP contribution in [0.3, 0.4) is 0 Å². The molecule has 0 amide bonds. The van der Waals surface area contributed by atoms with E-state index in [9.17, 15) is 14.7 Å². The van der Waals surface area contributed by atoms with Crippen molar-refractivity contribution in [3.05, 3.63) is 34.9 Å². The number of rotatable bonds is 4. The Kier molecular flexibility index (Phi) is 3.13. The Balaban J connectivity index is 1.75. The second-order valence-electron chi connectivity index (χ2n) is 5.91. The van der Waals surface area contributed by atoms with Crippen LogP contribution in [0.5, 0.6) is 0 Å². The van der Waals surface area contributed by atoms with Crippen molar-refractivity contribution in [2.75, 3.05) is 0 Å². The maximum absolute atomic E-state index is 12.4. The summed E-state index contributed by atoms with van der Waals surface area (Å²) in [6, 6.07) is 7.54. The van der Waals surface area contributed by atoms with Crippen molar-refractivity contribution in [1.82, 2.24) is 0 Å². The van der Waals surface area contributed by atoms with E-state index in [1.165, 1.54) is 0 Å². The molecule has 2 aliphatic carbocycles. The number of aliphatic carboxylic acids is 1. The van der Waals surface area contributed by atoms with Gasteiger partial charge in [0.05, 0.1) is 5.41 Å². The number of carbonyl (C=O) groups is 2. The zero-order valence-corrected chi connectivity index (χ0v) is 12.1. The van der Waals surface area contributed by atoms with Crippen molar-refractivity contribution in [3.63, 3.8) is 0 Å². The highest BCUT2D eigenvalue weighted by Crippen LogP contribution is 2.69. The van der Waals surface area contributed by atoms with Crippen LogP contribution in [0.4, 0.5) is 0 Å². The van der Waals surface area contributed by atoms with Gasteiger partial charge in [-0.25, -0.2) is 0 Å². The quantitative estimate of drug-likeness (QED) is 0.927. The van der Waals surface area contributed by atoms with Crippen molar-refractivity contribution in [2.45, 2.75) is 26.2 Å². The SMILES string of the molecule is CCC1(C(=O)O)C2CC(Cc3ccccc3Cl)C(=O)C21. The Bertz CT molecular complexity index is 583. The molecule has 0 aliphatic heterocycles. The van der Waals surface area contributed by atoms with Crippen LogP contribution >= 0.6 is 11.6 Å². The molecule has 2 saturated carbocycles. The molecular weight excluding hydrogens is 276 g/mol. The highest BCUT2D eigenvalue weighted by molar-refractivity contribution is 6.31. The predicted octanol–water partition coefficient (Wildman–Crippen LogP) is 3.20. The van der Waals surface area contributed by atoms with E-state index < -0.39 is 11.4 Å². The monoisotopic (exact) mass is 292 g/mol. The highest BCUT2D eigenvalue weighted by atomic mass is 35.5. The Hall–Kier alpha value is -1.35. The Morgan fingerprint density at radius 2 is 2.15 bits per heavy atom. The van der Waals surface area contributed by atoms with Gasteiger partial charge in [-0.05, 0) is 36.8 Å². The van der Waals surface area contributed by atoms with Crippen LogP contribution in [0.1, 0.15) is 25.3 Å².